The summed E-state index contributed by atoms with van der Waals surface area (Å²) in [6.07, 6.45) is 1.60. The second-order valence-corrected chi connectivity index (χ2v) is 3.50. The lowest BCUT2D eigenvalue weighted by Crippen LogP contribution is -2.19. The highest BCUT2D eigenvalue weighted by Crippen LogP contribution is 2.55. The van der Waals surface area contributed by atoms with Crippen LogP contribution in [0.2, 0.25) is 0 Å². The smallest absolute Gasteiger partial charge is 0.103 e. The number of halogens is 1. The van der Waals surface area contributed by atoms with E-state index >= 15 is 0 Å². The Morgan fingerprint density at radius 1 is 1.22 bits per heavy atom. The predicted molar refractivity (Wildman–Crippen MR) is 37.1 cm³/mol. The van der Waals surface area contributed by atoms with E-state index in [-0.39, 0.29) is 5.41 Å². The molecule has 0 N–H and O–H groups in total. The number of hydrogen-bond donors (Lipinski definition) is 0. The van der Waals surface area contributed by atoms with Crippen LogP contribution in [0.3, 0.4) is 0 Å². The van der Waals surface area contributed by atoms with Gasteiger partial charge in [0.25, 0.3) is 0 Å². The van der Waals surface area contributed by atoms with Crippen LogP contribution >= 0.6 is 0 Å². The van der Waals surface area contributed by atoms with Crippen LogP contribution in [-0.2, 0) is 0 Å². The lowest BCUT2D eigenvalue weighted by molar-refractivity contribution is 0.175. The SMILES string of the molecule is CC(C)C1(C(C)F)CC1. The maximum Gasteiger partial charge on any atom is 0.103 e. The van der Waals surface area contributed by atoms with E-state index in [1.54, 1.807) is 6.92 Å². The average molecular weight is 130 g/mol. The van der Waals surface area contributed by atoms with Gasteiger partial charge in [0, 0.05) is 5.41 Å². The average Bonchev–Trinajstić information content (AvgIpc) is 2.40. The topological polar surface area (TPSA) is 0 Å². The van der Waals surface area contributed by atoms with Crippen LogP contribution < -0.4 is 0 Å². The van der Waals surface area contributed by atoms with Gasteiger partial charge in [-0.1, -0.05) is 13.8 Å². The first kappa shape index (κ1) is 7.04. The zero-order chi connectivity index (χ0) is 7.07. The van der Waals surface area contributed by atoms with Gasteiger partial charge in [-0.15, -0.1) is 0 Å². The van der Waals surface area contributed by atoms with Crippen molar-refractivity contribution >= 4 is 0 Å². The van der Waals surface area contributed by atoms with Gasteiger partial charge in [0.2, 0.25) is 0 Å². The molecular weight excluding hydrogens is 115 g/mol. The fourth-order valence-corrected chi connectivity index (χ4v) is 1.58. The first-order valence-electron chi connectivity index (χ1n) is 3.73. The second-order valence-electron chi connectivity index (χ2n) is 3.50. The second kappa shape index (κ2) is 1.96. The Kier molecular flexibility index (Phi) is 1.54. The third-order valence-corrected chi connectivity index (χ3v) is 2.77. The Labute approximate surface area is 56.5 Å². The van der Waals surface area contributed by atoms with Gasteiger partial charge in [0.1, 0.15) is 6.17 Å². The van der Waals surface area contributed by atoms with Crippen LogP contribution in [0.15, 0.2) is 0 Å². The monoisotopic (exact) mass is 130 g/mol. The third kappa shape index (κ3) is 0.973. The predicted octanol–water partition coefficient (Wildman–Crippen LogP) is 2.78. The highest BCUT2D eigenvalue weighted by molar-refractivity contribution is 4.99. The fourth-order valence-electron chi connectivity index (χ4n) is 1.58. The molecule has 1 heteroatoms. The van der Waals surface area contributed by atoms with Crippen molar-refractivity contribution in [2.75, 3.05) is 0 Å². The molecule has 0 radical (unpaired) electrons. The van der Waals surface area contributed by atoms with Crippen LogP contribution in [0.5, 0.6) is 0 Å². The first-order valence-corrected chi connectivity index (χ1v) is 3.73. The molecule has 1 aliphatic rings. The summed E-state index contributed by atoms with van der Waals surface area (Å²) in [5, 5.41) is 0. The van der Waals surface area contributed by atoms with Gasteiger partial charge in [0.05, 0.1) is 0 Å². The highest BCUT2D eigenvalue weighted by Gasteiger charge is 2.50. The molecule has 0 bridgehead atoms. The Balaban J connectivity index is 2.52. The van der Waals surface area contributed by atoms with Crippen LogP contribution in [0.25, 0.3) is 0 Å². The molecule has 0 aromatic rings. The normalized spacial score (nSPS) is 26.3. The molecule has 0 spiro atoms. The molecule has 9 heavy (non-hydrogen) atoms. The van der Waals surface area contributed by atoms with Gasteiger partial charge in [-0.3, -0.25) is 0 Å². The zero-order valence-corrected chi connectivity index (χ0v) is 6.45. The molecule has 0 amide bonds. The summed E-state index contributed by atoms with van der Waals surface area (Å²) < 4.78 is 12.8. The van der Waals surface area contributed by atoms with Gasteiger partial charge >= 0.3 is 0 Å². The summed E-state index contributed by atoms with van der Waals surface area (Å²) in [7, 11) is 0. The zero-order valence-electron chi connectivity index (χ0n) is 6.45. The molecule has 1 atom stereocenters. The molecule has 1 unspecified atom stereocenters. The highest BCUT2D eigenvalue weighted by atomic mass is 19.1. The summed E-state index contributed by atoms with van der Waals surface area (Å²) in [6, 6.07) is 0. The lowest BCUT2D eigenvalue weighted by atomic mass is 9.88. The Morgan fingerprint density at radius 3 is 1.67 bits per heavy atom. The van der Waals surface area contributed by atoms with Crippen molar-refractivity contribution in [1.29, 1.82) is 0 Å². The maximum absolute atomic E-state index is 12.8. The first-order chi connectivity index (χ1) is 4.09. The van der Waals surface area contributed by atoms with Crippen molar-refractivity contribution in [2.24, 2.45) is 11.3 Å². The van der Waals surface area contributed by atoms with Crippen molar-refractivity contribution in [3.63, 3.8) is 0 Å². The standard InChI is InChI=1S/C8H15F/c1-6(2)8(4-5-8)7(3)9/h6-7H,4-5H2,1-3H3. The van der Waals surface area contributed by atoms with Crippen LogP contribution in [-0.4, -0.2) is 6.17 Å². The van der Waals surface area contributed by atoms with Crippen LogP contribution in [0.4, 0.5) is 4.39 Å². The molecule has 0 saturated heterocycles. The molecule has 0 aromatic heterocycles. The molecule has 0 aromatic carbocycles. The molecule has 1 saturated carbocycles. The molecular formula is C8H15F. The van der Waals surface area contributed by atoms with Gasteiger partial charge in [0.15, 0.2) is 0 Å². The van der Waals surface area contributed by atoms with E-state index in [1.807, 2.05) is 0 Å². The van der Waals surface area contributed by atoms with Gasteiger partial charge in [-0.25, -0.2) is 4.39 Å². The molecule has 1 fully saturated rings. The largest absolute Gasteiger partial charge is 0.247 e. The summed E-state index contributed by atoms with van der Waals surface area (Å²) in [6.45, 7) is 5.92. The lowest BCUT2D eigenvalue weighted by Gasteiger charge is -2.20. The molecule has 54 valence electrons. The van der Waals surface area contributed by atoms with E-state index in [0.717, 1.165) is 12.8 Å². The fraction of sp³-hybridized carbons (Fsp3) is 1.00. The van der Waals surface area contributed by atoms with Crippen molar-refractivity contribution in [3.05, 3.63) is 0 Å². The van der Waals surface area contributed by atoms with Gasteiger partial charge < -0.3 is 0 Å². The minimum absolute atomic E-state index is 0.0833. The molecule has 0 nitrogen and oxygen atoms in total. The van der Waals surface area contributed by atoms with E-state index < -0.39 is 6.17 Å². The quantitative estimate of drug-likeness (QED) is 0.539. The number of rotatable bonds is 2. The molecule has 0 aliphatic heterocycles. The van der Waals surface area contributed by atoms with Crippen LogP contribution in [0, 0.1) is 11.3 Å². The van der Waals surface area contributed by atoms with Crippen molar-refractivity contribution in [1.82, 2.24) is 0 Å². The number of hydrogen-bond acceptors (Lipinski definition) is 0. The Bertz CT molecular complexity index is 91.1. The minimum atomic E-state index is -0.600. The van der Waals surface area contributed by atoms with E-state index in [9.17, 15) is 4.39 Å². The Hall–Kier alpha value is -0.0700. The van der Waals surface area contributed by atoms with Gasteiger partial charge in [-0.05, 0) is 25.7 Å². The minimum Gasteiger partial charge on any atom is -0.247 e. The summed E-state index contributed by atoms with van der Waals surface area (Å²) >= 11 is 0. The summed E-state index contributed by atoms with van der Waals surface area (Å²) in [5.41, 5.74) is 0.0833. The summed E-state index contributed by atoms with van der Waals surface area (Å²) in [5.74, 6) is 0.525. The van der Waals surface area contributed by atoms with Gasteiger partial charge in [-0.2, -0.15) is 0 Å². The van der Waals surface area contributed by atoms with E-state index in [4.69, 9.17) is 0 Å². The van der Waals surface area contributed by atoms with Crippen molar-refractivity contribution in [2.45, 2.75) is 39.8 Å². The molecule has 1 rings (SSSR count). The third-order valence-electron chi connectivity index (χ3n) is 2.77. The Morgan fingerprint density at radius 2 is 1.67 bits per heavy atom. The summed E-state index contributed by atoms with van der Waals surface area (Å²) in [4.78, 5) is 0. The molecule has 1 aliphatic carbocycles. The number of alkyl halides is 1. The van der Waals surface area contributed by atoms with E-state index in [1.165, 1.54) is 0 Å². The van der Waals surface area contributed by atoms with Crippen molar-refractivity contribution in [3.8, 4) is 0 Å². The molecule has 0 heterocycles. The van der Waals surface area contributed by atoms with Crippen molar-refractivity contribution < 1.29 is 4.39 Å². The van der Waals surface area contributed by atoms with E-state index in [0.29, 0.717) is 5.92 Å². The van der Waals surface area contributed by atoms with Crippen LogP contribution in [0.1, 0.15) is 33.6 Å². The van der Waals surface area contributed by atoms with E-state index in [2.05, 4.69) is 13.8 Å². The maximum atomic E-state index is 12.8.